The number of para-hydroxylation sites is 1. The molecule has 0 bridgehead atoms. The van der Waals surface area contributed by atoms with E-state index in [1.807, 2.05) is 91.0 Å². The summed E-state index contributed by atoms with van der Waals surface area (Å²) in [7, 11) is 0. The third-order valence-corrected chi connectivity index (χ3v) is 8.08. The van der Waals surface area contributed by atoms with Gasteiger partial charge in [0.2, 0.25) is 0 Å². The van der Waals surface area contributed by atoms with E-state index in [0.29, 0.717) is 38.8 Å². The highest BCUT2D eigenvalue weighted by atomic mass is 16.3. The maximum Gasteiger partial charge on any atom is 0.136 e. The number of furan rings is 1. The lowest BCUT2D eigenvalue weighted by molar-refractivity contribution is 0.669. The van der Waals surface area contributed by atoms with E-state index in [4.69, 9.17) is 9.90 Å². The Morgan fingerprint density at radius 2 is 0.951 bits per heavy atom. The number of benzene rings is 8. The fourth-order valence-electron chi connectivity index (χ4n) is 6.41. The smallest absolute Gasteiger partial charge is 0.136 e. The zero-order valence-corrected chi connectivity index (χ0v) is 21.6. The monoisotopic (exact) mass is 528 g/mol. The quantitative estimate of drug-likeness (QED) is 0.161. The van der Waals surface area contributed by atoms with Gasteiger partial charge in [-0.05, 0) is 83.5 Å². The summed E-state index contributed by atoms with van der Waals surface area (Å²) in [4.78, 5) is 0. The van der Waals surface area contributed by atoms with Gasteiger partial charge in [-0.3, -0.25) is 0 Å². The fraction of sp³-hybridized carbons (Fsp3) is 0. The van der Waals surface area contributed by atoms with E-state index in [-0.39, 0.29) is 45.7 Å². The molecule has 0 amide bonds. The molecule has 1 nitrogen and oxygen atoms in total. The number of hydrogen-bond donors (Lipinski definition) is 0. The molecule has 0 saturated heterocycles. The van der Waals surface area contributed by atoms with E-state index in [0.717, 1.165) is 26.9 Å². The summed E-state index contributed by atoms with van der Waals surface area (Å²) < 4.78 is 79.1. The number of hydrogen-bond acceptors (Lipinski definition) is 1. The van der Waals surface area contributed by atoms with Gasteiger partial charge in [-0.25, -0.2) is 0 Å². The molecule has 0 unspecified atom stereocenters. The van der Waals surface area contributed by atoms with Crippen LogP contribution in [0.2, 0.25) is 0 Å². The summed E-state index contributed by atoms with van der Waals surface area (Å²) in [6, 6.07) is 27.7. The van der Waals surface area contributed by atoms with Crippen LogP contribution in [0.15, 0.2) is 150 Å². The first kappa shape index (κ1) is 16.0. The second kappa shape index (κ2) is 8.55. The Kier molecular flexibility index (Phi) is 3.34. The van der Waals surface area contributed by atoms with Crippen LogP contribution in [0.1, 0.15) is 11.0 Å². The van der Waals surface area contributed by atoms with Gasteiger partial charge in [0.05, 0.1) is 11.0 Å². The SMILES string of the molecule is [2H]c1c([2H])c([2H])c2c(-c3cccc4oc5ccccc5c34)c3c([2H])c([2H])c([2H])c([2H])c3c(-c3cc4ccccc4c4ccccc34)c2c1[2H]. The van der Waals surface area contributed by atoms with Crippen molar-refractivity contribution in [3.05, 3.63) is 145 Å². The Labute approximate surface area is 248 Å². The molecule has 0 N–H and O–H groups in total. The molecule has 9 rings (SSSR count). The van der Waals surface area contributed by atoms with Crippen LogP contribution >= 0.6 is 0 Å². The second-order valence-corrected chi connectivity index (χ2v) is 10.2. The van der Waals surface area contributed by atoms with E-state index in [1.54, 1.807) is 6.07 Å². The van der Waals surface area contributed by atoms with Crippen LogP contribution < -0.4 is 0 Å². The molecule has 1 heteroatoms. The lowest BCUT2D eigenvalue weighted by Crippen LogP contribution is -1.92. The van der Waals surface area contributed by atoms with Crippen LogP contribution in [0.25, 0.3) is 87.3 Å². The molecular formula is C40H24O. The fourth-order valence-corrected chi connectivity index (χ4v) is 6.41. The number of rotatable bonds is 2. The molecule has 0 aliphatic rings. The van der Waals surface area contributed by atoms with E-state index in [2.05, 4.69) is 0 Å². The minimum Gasteiger partial charge on any atom is -0.456 e. The Hall–Kier alpha value is -5.40. The lowest BCUT2D eigenvalue weighted by atomic mass is 9.83. The first-order chi connectivity index (χ1) is 23.7. The average molecular weight is 529 g/mol. The third-order valence-electron chi connectivity index (χ3n) is 8.08. The largest absolute Gasteiger partial charge is 0.456 e. The first-order valence-electron chi connectivity index (χ1n) is 17.5. The summed E-state index contributed by atoms with van der Waals surface area (Å²) in [6.45, 7) is 0. The van der Waals surface area contributed by atoms with Crippen molar-refractivity contribution < 1.29 is 15.4 Å². The minimum atomic E-state index is -0.433. The van der Waals surface area contributed by atoms with Crippen molar-refractivity contribution in [1.29, 1.82) is 0 Å². The molecule has 0 fully saturated rings. The summed E-state index contributed by atoms with van der Waals surface area (Å²) in [5, 5.41) is 5.77. The van der Waals surface area contributed by atoms with Crippen molar-refractivity contribution in [3.8, 4) is 22.3 Å². The molecule has 0 saturated carbocycles. The van der Waals surface area contributed by atoms with E-state index in [9.17, 15) is 5.48 Å². The summed E-state index contributed by atoms with van der Waals surface area (Å²) in [5.74, 6) is 0. The zero-order valence-electron chi connectivity index (χ0n) is 29.6. The highest BCUT2D eigenvalue weighted by Crippen LogP contribution is 2.48. The molecule has 0 atom stereocenters. The Morgan fingerprint density at radius 3 is 1.66 bits per heavy atom. The minimum absolute atomic E-state index is 0.175. The first-order valence-corrected chi connectivity index (χ1v) is 13.5. The van der Waals surface area contributed by atoms with E-state index in [1.165, 1.54) is 0 Å². The van der Waals surface area contributed by atoms with Crippen molar-refractivity contribution in [2.45, 2.75) is 0 Å². The Balaban J connectivity index is 1.64. The van der Waals surface area contributed by atoms with E-state index < -0.39 is 24.2 Å². The van der Waals surface area contributed by atoms with Gasteiger partial charge in [0.15, 0.2) is 0 Å². The molecule has 190 valence electrons. The molecule has 9 aromatic rings. The van der Waals surface area contributed by atoms with Gasteiger partial charge in [0, 0.05) is 10.8 Å². The molecular weight excluding hydrogens is 496 g/mol. The van der Waals surface area contributed by atoms with Crippen LogP contribution in [0.5, 0.6) is 0 Å². The highest BCUT2D eigenvalue weighted by molar-refractivity contribution is 6.28. The molecule has 0 aliphatic carbocycles. The Morgan fingerprint density at radius 1 is 0.415 bits per heavy atom. The van der Waals surface area contributed by atoms with Gasteiger partial charge in [0.25, 0.3) is 0 Å². The predicted octanol–water partition coefficient (Wildman–Crippen LogP) is 11.5. The van der Waals surface area contributed by atoms with Gasteiger partial charge in [-0.1, -0.05) is 127 Å². The van der Waals surface area contributed by atoms with Gasteiger partial charge >= 0.3 is 0 Å². The van der Waals surface area contributed by atoms with Gasteiger partial charge in [0.1, 0.15) is 11.2 Å². The van der Waals surface area contributed by atoms with E-state index >= 15 is 0 Å². The highest BCUT2D eigenvalue weighted by Gasteiger charge is 2.21. The van der Waals surface area contributed by atoms with Gasteiger partial charge in [-0.15, -0.1) is 0 Å². The Bertz CT molecular complexity index is 2850. The normalized spacial score (nSPS) is 14.6. The van der Waals surface area contributed by atoms with Crippen molar-refractivity contribution in [2.24, 2.45) is 0 Å². The second-order valence-electron chi connectivity index (χ2n) is 10.2. The molecule has 8 aromatic carbocycles. The topological polar surface area (TPSA) is 13.1 Å². The summed E-state index contributed by atoms with van der Waals surface area (Å²) in [5.41, 5.74) is 2.96. The lowest BCUT2D eigenvalue weighted by Gasteiger charge is -2.20. The standard InChI is InChI=1S/C40H24O/c1-2-13-26-25(12-1)24-35(28-15-4-3-14-27(26)28)39-31-18-7-5-16-29(31)38(30-17-6-8-19-32(30)39)34-21-11-23-37-40(34)33-20-9-10-22-36(33)41-37/h1-24H/i5D,6D,7D,8D,16D,17D,18D,19D. The molecule has 0 radical (unpaired) electrons. The molecule has 1 heterocycles. The van der Waals surface area contributed by atoms with Crippen molar-refractivity contribution in [1.82, 2.24) is 0 Å². The summed E-state index contributed by atoms with van der Waals surface area (Å²) >= 11 is 0. The maximum absolute atomic E-state index is 9.40. The zero-order chi connectivity index (χ0) is 33.9. The molecule has 1 aromatic heterocycles. The molecule has 41 heavy (non-hydrogen) atoms. The summed E-state index contributed by atoms with van der Waals surface area (Å²) in [6.07, 6.45) is 0. The average Bonchev–Trinajstić information content (AvgIpc) is 3.52. The van der Waals surface area contributed by atoms with Crippen LogP contribution in [0, 0.1) is 0 Å². The van der Waals surface area contributed by atoms with Gasteiger partial charge in [-0.2, -0.15) is 0 Å². The van der Waals surface area contributed by atoms with Gasteiger partial charge < -0.3 is 4.42 Å². The predicted molar refractivity (Wildman–Crippen MR) is 175 cm³/mol. The van der Waals surface area contributed by atoms with Crippen molar-refractivity contribution >= 4 is 65.0 Å². The van der Waals surface area contributed by atoms with Crippen molar-refractivity contribution in [3.63, 3.8) is 0 Å². The third kappa shape index (κ3) is 3.18. The molecule has 0 spiro atoms. The number of fused-ring (bicyclic) bond motifs is 8. The van der Waals surface area contributed by atoms with Crippen LogP contribution in [-0.4, -0.2) is 0 Å². The molecule has 0 aliphatic heterocycles. The van der Waals surface area contributed by atoms with Crippen LogP contribution in [0.3, 0.4) is 0 Å². The van der Waals surface area contributed by atoms with Crippen molar-refractivity contribution in [2.75, 3.05) is 0 Å². The van der Waals surface area contributed by atoms with Crippen LogP contribution in [-0.2, 0) is 0 Å². The van der Waals surface area contributed by atoms with Crippen LogP contribution in [0.4, 0.5) is 0 Å². The maximum atomic E-state index is 9.40.